The number of hydrogen-bond acceptors (Lipinski definition) is 8. The van der Waals surface area contributed by atoms with Crippen molar-refractivity contribution in [3.05, 3.63) is 12.4 Å². The first-order valence-electron chi connectivity index (χ1n) is 13.5. The fourth-order valence-corrected chi connectivity index (χ4v) is 4.69. The number of fused-ring (bicyclic) bond motifs is 1. The molecule has 0 saturated carbocycles. The molecule has 3 heterocycles. The van der Waals surface area contributed by atoms with Gasteiger partial charge in [0.15, 0.2) is 22.6 Å². The maximum absolute atomic E-state index is 14.4. The largest absolute Gasteiger partial charge is 0.461 e. The van der Waals surface area contributed by atoms with Crippen LogP contribution < -0.4 is 5.32 Å². The molecule has 2 aromatic rings. The number of nitrogens with one attached hydrogen (secondary N) is 1. The Morgan fingerprint density at radius 3 is 2.66 bits per heavy atom. The van der Waals surface area contributed by atoms with Crippen LogP contribution in [0.3, 0.4) is 0 Å². The molecular weight excluding hydrogens is 493 g/mol. The highest BCUT2D eigenvalue weighted by atomic mass is 19.1. The number of nitrogens with zero attached hydrogens (tertiary/aromatic N) is 4. The van der Waals surface area contributed by atoms with Crippen LogP contribution in [0.4, 0.5) is 10.2 Å². The number of anilines is 1. The van der Waals surface area contributed by atoms with Crippen LogP contribution in [0, 0.1) is 24.3 Å². The molecule has 3 rings (SSSR count). The topological polar surface area (TPSA) is 128 Å². The summed E-state index contributed by atoms with van der Waals surface area (Å²) in [6, 6.07) is 0. The molecule has 3 atom stereocenters. The van der Waals surface area contributed by atoms with E-state index in [0.717, 1.165) is 38.5 Å². The van der Waals surface area contributed by atoms with E-state index in [2.05, 4.69) is 33.1 Å². The minimum atomic E-state index is -1.58. The molecule has 0 unspecified atom stereocenters. The van der Waals surface area contributed by atoms with Crippen molar-refractivity contribution in [3.8, 4) is 12.3 Å². The van der Waals surface area contributed by atoms with Gasteiger partial charge in [-0.2, -0.15) is 14.4 Å². The molecular formula is C27H38FN5O5. The minimum absolute atomic E-state index is 0.0330. The summed E-state index contributed by atoms with van der Waals surface area (Å²) in [6.07, 6.45) is 11.2. The molecule has 1 aliphatic rings. The smallest absolute Gasteiger partial charge is 0.312 e. The normalized spacial score (nSPS) is 21.1. The van der Waals surface area contributed by atoms with Gasteiger partial charge in [0.2, 0.25) is 5.91 Å². The number of rotatable bonds is 14. The van der Waals surface area contributed by atoms with Crippen LogP contribution in [-0.4, -0.2) is 54.8 Å². The lowest BCUT2D eigenvalue weighted by Gasteiger charge is -2.27. The standard InChI is InChI=1S/C27H38FN5O5/c1-5-9-10-11-14-20(35)30-23-22-24(32-26(28)31-23)33(17-29-22)21-15-19(34)27(8-4,38-21)16-37-25(36)18(12-6-2)13-7-3/h4,17-19,21,34H,5-7,9-16H2,1-3H3,(H,30,31,32,35)/t19-,21+,27+/m0/s1. The number of halogens is 1. The lowest BCUT2D eigenvalue weighted by atomic mass is 9.97. The number of esters is 1. The number of carbonyl (C=O) groups is 2. The number of aliphatic hydroxyl groups excluding tert-OH is 1. The number of carbonyl (C=O) groups excluding carboxylic acids is 2. The Bertz CT molecular complexity index is 1140. The summed E-state index contributed by atoms with van der Waals surface area (Å²) >= 11 is 0. The number of ether oxygens (including phenoxy) is 2. The number of amides is 1. The number of aromatic nitrogens is 4. The molecule has 0 bridgehead atoms. The SMILES string of the molecule is C#C[C@]1(COC(=O)C(CCC)CCC)O[C@@H](n2cnc3c(NC(=O)CCCCCC)nc(F)nc32)C[C@@H]1O. The first kappa shape index (κ1) is 29.5. The Kier molecular flexibility index (Phi) is 10.6. The zero-order valence-corrected chi connectivity index (χ0v) is 22.4. The van der Waals surface area contributed by atoms with Crippen molar-refractivity contribution in [3.63, 3.8) is 0 Å². The van der Waals surface area contributed by atoms with Gasteiger partial charge in [0.1, 0.15) is 18.9 Å². The van der Waals surface area contributed by atoms with Crippen molar-refractivity contribution < 1.29 is 28.6 Å². The molecule has 38 heavy (non-hydrogen) atoms. The third kappa shape index (κ3) is 6.85. The average Bonchev–Trinajstić information content (AvgIpc) is 3.46. The van der Waals surface area contributed by atoms with Gasteiger partial charge < -0.3 is 19.9 Å². The number of aliphatic hydroxyl groups is 1. The zero-order chi connectivity index (χ0) is 27.7. The zero-order valence-electron chi connectivity index (χ0n) is 22.4. The molecule has 2 aromatic heterocycles. The minimum Gasteiger partial charge on any atom is -0.461 e. The molecule has 1 amide bonds. The van der Waals surface area contributed by atoms with Crippen molar-refractivity contribution in [1.82, 2.24) is 19.5 Å². The van der Waals surface area contributed by atoms with Crippen molar-refractivity contribution >= 4 is 28.9 Å². The fourth-order valence-electron chi connectivity index (χ4n) is 4.69. The van der Waals surface area contributed by atoms with E-state index in [-0.39, 0.29) is 54.2 Å². The van der Waals surface area contributed by atoms with E-state index in [1.54, 1.807) is 0 Å². The molecule has 208 valence electrons. The molecule has 10 nitrogen and oxygen atoms in total. The highest BCUT2D eigenvalue weighted by Crippen LogP contribution is 2.38. The van der Waals surface area contributed by atoms with Gasteiger partial charge in [0.05, 0.1) is 12.2 Å². The summed E-state index contributed by atoms with van der Waals surface area (Å²) in [5.74, 6) is 1.50. The quantitative estimate of drug-likeness (QED) is 0.160. The summed E-state index contributed by atoms with van der Waals surface area (Å²) < 4.78 is 27.3. The van der Waals surface area contributed by atoms with Gasteiger partial charge in [0.25, 0.3) is 0 Å². The second-order valence-corrected chi connectivity index (χ2v) is 9.76. The lowest BCUT2D eigenvalue weighted by molar-refractivity contribution is -0.161. The molecule has 1 aliphatic heterocycles. The van der Waals surface area contributed by atoms with E-state index in [0.29, 0.717) is 12.8 Å². The Balaban J connectivity index is 1.76. The first-order valence-corrected chi connectivity index (χ1v) is 13.5. The first-order chi connectivity index (χ1) is 18.3. The van der Waals surface area contributed by atoms with Crippen molar-refractivity contribution in [2.45, 2.75) is 103 Å². The van der Waals surface area contributed by atoms with E-state index in [1.807, 2.05) is 13.8 Å². The second-order valence-electron chi connectivity index (χ2n) is 9.76. The highest BCUT2D eigenvalue weighted by molar-refractivity contribution is 5.96. The van der Waals surface area contributed by atoms with Crippen LogP contribution >= 0.6 is 0 Å². The molecule has 0 radical (unpaired) electrons. The van der Waals surface area contributed by atoms with Gasteiger partial charge in [0, 0.05) is 12.8 Å². The Morgan fingerprint density at radius 1 is 1.26 bits per heavy atom. The van der Waals surface area contributed by atoms with E-state index in [9.17, 15) is 19.1 Å². The third-order valence-corrected chi connectivity index (χ3v) is 6.81. The van der Waals surface area contributed by atoms with E-state index >= 15 is 0 Å². The van der Waals surface area contributed by atoms with Crippen LogP contribution in [0.25, 0.3) is 11.2 Å². The molecule has 0 aliphatic carbocycles. The lowest BCUT2D eigenvalue weighted by Crippen LogP contribution is -2.43. The summed E-state index contributed by atoms with van der Waals surface area (Å²) in [5.41, 5.74) is -1.33. The Morgan fingerprint density at radius 2 is 2.00 bits per heavy atom. The summed E-state index contributed by atoms with van der Waals surface area (Å²) in [7, 11) is 0. The molecule has 1 saturated heterocycles. The van der Waals surface area contributed by atoms with Crippen LogP contribution in [0.2, 0.25) is 0 Å². The highest BCUT2D eigenvalue weighted by Gasteiger charge is 2.49. The third-order valence-electron chi connectivity index (χ3n) is 6.81. The van der Waals surface area contributed by atoms with Crippen LogP contribution in [0.1, 0.15) is 91.2 Å². The Labute approximate surface area is 222 Å². The van der Waals surface area contributed by atoms with E-state index in [4.69, 9.17) is 15.9 Å². The number of unbranched alkanes of at least 4 members (excludes halogenated alkanes) is 3. The van der Waals surface area contributed by atoms with Gasteiger partial charge in [-0.3, -0.25) is 14.2 Å². The fraction of sp³-hybridized carbons (Fsp3) is 0.667. The second kappa shape index (κ2) is 13.6. The van der Waals surface area contributed by atoms with E-state index < -0.39 is 24.0 Å². The van der Waals surface area contributed by atoms with E-state index in [1.165, 1.54) is 10.9 Å². The predicted octanol–water partition coefficient (Wildman–Crippen LogP) is 4.29. The number of hydrogen-bond donors (Lipinski definition) is 2. The predicted molar refractivity (Wildman–Crippen MR) is 139 cm³/mol. The van der Waals surface area contributed by atoms with Crippen molar-refractivity contribution in [2.24, 2.45) is 5.92 Å². The summed E-state index contributed by atoms with van der Waals surface area (Å²) in [4.78, 5) is 36.8. The summed E-state index contributed by atoms with van der Waals surface area (Å²) in [5, 5.41) is 13.5. The number of imidazole rings is 1. The molecule has 11 heteroatoms. The van der Waals surface area contributed by atoms with Crippen molar-refractivity contribution in [2.75, 3.05) is 11.9 Å². The summed E-state index contributed by atoms with van der Waals surface area (Å²) in [6.45, 7) is 5.76. The number of terminal acetylenes is 1. The van der Waals surface area contributed by atoms with Crippen LogP contribution in [0.15, 0.2) is 6.33 Å². The molecule has 0 spiro atoms. The van der Waals surface area contributed by atoms with Crippen LogP contribution in [0.5, 0.6) is 0 Å². The Hall–Kier alpha value is -3.10. The molecule has 1 fully saturated rings. The monoisotopic (exact) mass is 531 g/mol. The maximum Gasteiger partial charge on any atom is 0.312 e. The van der Waals surface area contributed by atoms with Gasteiger partial charge in [-0.15, -0.1) is 6.42 Å². The molecule has 0 aromatic carbocycles. The maximum atomic E-state index is 14.4. The van der Waals surface area contributed by atoms with Gasteiger partial charge in [-0.05, 0) is 19.3 Å². The molecule has 2 N–H and O–H groups in total. The van der Waals surface area contributed by atoms with Gasteiger partial charge >= 0.3 is 12.0 Å². The van der Waals surface area contributed by atoms with Gasteiger partial charge in [-0.1, -0.05) is 58.8 Å². The van der Waals surface area contributed by atoms with Crippen LogP contribution in [-0.2, 0) is 19.1 Å². The van der Waals surface area contributed by atoms with Gasteiger partial charge in [-0.25, -0.2) is 4.98 Å². The van der Waals surface area contributed by atoms with Crippen molar-refractivity contribution in [1.29, 1.82) is 0 Å². The average molecular weight is 532 g/mol.